The number of nitrogens with one attached hydrogen (secondary N) is 1. The third-order valence-electron chi connectivity index (χ3n) is 3.65. The van der Waals surface area contributed by atoms with Gasteiger partial charge in [-0.3, -0.25) is 4.79 Å². The number of hydrogen-bond donors (Lipinski definition) is 1. The van der Waals surface area contributed by atoms with E-state index in [0.717, 1.165) is 11.3 Å². The van der Waals surface area contributed by atoms with Gasteiger partial charge in [0.25, 0.3) is 5.91 Å². The number of tetrazole rings is 1. The fraction of sp³-hybridized carbons (Fsp3) is 0.176. The van der Waals surface area contributed by atoms with E-state index >= 15 is 0 Å². The second-order valence-corrected chi connectivity index (χ2v) is 5.41. The van der Waals surface area contributed by atoms with Gasteiger partial charge in [-0.25, -0.2) is 4.68 Å². The molecular formula is C17H17N5O. The topological polar surface area (TPSA) is 72.7 Å². The minimum Gasteiger partial charge on any atom is -0.346 e. The molecule has 0 aliphatic rings. The number of rotatable bonds is 4. The molecule has 0 fully saturated rings. The summed E-state index contributed by atoms with van der Waals surface area (Å²) in [5, 5.41) is 14.0. The van der Waals surface area contributed by atoms with Crippen LogP contribution < -0.4 is 5.32 Å². The Morgan fingerprint density at radius 1 is 1.17 bits per heavy atom. The van der Waals surface area contributed by atoms with Gasteiger partial charge in [-0.1, -0.05) is 35.9 Å². The van der Waals surface area contributed by atoms with Gasteiger partial charge in [0.2, 0.25) is 0 Å². The molecule has 1 atom stereocenters. The van der Waals surface area contributed by atoms with Gasteiger partial charge in [-0.15, -0.1) is 5.10 Å². The van der Waals surface area contributed by atoms with Crippen molar-refractivity contribution in [2.75, 3.05) is 0 Å². The summed E-state index contributed by atoms with van der Waals surface area (Å²) in [6, 6.07) is 15.2. The molecule has 1 N–H and O–H groups in total. The Hall–Kier alpha value is -3.02. The highest BCUT2D eigenvalue weighted by molar-refractivity contribution is 5.94. The van der Waals surface area contributed by atoms with Gasteiger partial charge >= 0.3 is 0 Å². The van der Waals surface area contributed by atoms with Crippen molar-refractivity contribution in [3.8, 4) is 5.69 Å². The zero-order valence-electron chi connectivity index (χ0n) is 13.0. The van der Waals surface area contributed by atoms with Crippen LogP contribution in [0.3, 0.4) is 0 Å². The molecule has 0 bridgehead atoms. The van der Waals surface area contributed by atoms with Crippen molar-refractivity contribution in [3.05, 3.63) is 71.5 Å². The Morgan fingerprint density at radius 2 is 1.96 bits per heavy atom. The van der Waals surface area contributed by atoms with Crippen LogP contribution in [0.1, 0.15) is 34.5 Å². The van der Waals surface area contributed by atoms with Crippen LogP contribution in [0.5, 0.6) is 0 Å². The lowest BCUT2D eigenvalue weighted by Gasteiger charge is -2.15. The average molecular weight is 307 g/mol. The van der Waals surface area contributed by atoms with Crippen LogP contribution in [0.15, 0.2) is 54.9 Å². The molecule has 3 rings (SSSR count). The first-order valence-corrected chi connectivity index (χ1v) is 7.34. The molecule has 1 aromatic heterocycles. The summed E-state index contributed by atoms with van der Waals surface area (Å²) in [7, 11) is 0. The normalized spacial score (nSPS) is 11.9. The van der Waals surface area contributed by atoms with Gasteiger partial charge in [0.05, 0.1) is 11.7 Å². The Kier molecular flexibility index (Phi) is 4.14. The van der Waals surface area contributed by atoms with Gasteiger partial charge < -0.3 is 5.32 Å². The minimum absolute atomic E-state index is 0.0696. The number of aryl methyl sites for hydroxylation is 1. The van der Waals surface area contributed by atoms with Gasteiger partial charge in [0.1, 0.15) is 6.33 Å². The monoisotopic (exact) mass is 307 g/mol. The van der Waals surface area contributed by atoms with Crippen LogP contribution in [0.4, 0.5) is 0 Å². The highest BCUT2D eigenvalue weighted by atomic mass is 16.1. The van der Waals surface area contributed by atoms with Crippen molar-refractivity contribution in [2.24, 2.45) is 0 Å². The Balaban J connectivity index is 1.75. The van der Waals surface area contributed by atoms with E-state index in [-0.39, 0.29) is 11.9 Å². The molecule has 0 aliphatic carbocycles. The van der Waals surface area contributed by atoms with E-state index < -0.39 is 0 Å². The highest BCUT2D eigenvalue weighted by Crippen LogP contribution is 2.15. The van der Waals surface area contributed by atoms with E-state index in [1.165, 1.54) is 16.6 Å². The number of carbonyl (C=O) groups excluding carboxylic acids is 1. The number of aromatic nitrogens is 4. The molecule has 23 heavy (non-hydrogen) atoms. The Morgan fingerprint density at radius 3 is 2.65 bits per heavy atom. The molecule has 1 amide bonds. The lowest BCUT2D eigenvalue weighted by atomic mass is 10.1. The smallest absolute Gasteiger partial charge is 0.251 e. The fourth-order valence-corrected chi connectivity index (χ4v) is 2.29. The summed E-state index contributed by atoms with van der Waals surface area (Å²) in [6.07, 6.45) is 1.49. The maximum atomic E-state index is 12.4. The largest absolute Gasteiger partial charge is 0.346 e. The number of amides is 1. The van der Waals surface area contributed by atoms with Crippen molar-refractivity contribution in [3.63, 3.8) is 0 Å². The van der Waals surface area contributed by atoms with Crippen LogP contribution in [0.2, 0.25) is 0 Å². The summed E-state index contributed by atoms with van der Waals surface area (Å²) >= 11 is 0. The minimum atomic E-state index is -0.131. The lowest BCUT2D eigenvalue weighted by Crippen LogP contribution is -2.26. The molecule has 116 valence electrons. The van der Waals surface area contributed by atoms with Crippen LogP contribution in [-0.4, -0.2) is 26.1 Å². The van der Waals surface area contributed by atoms with Gasteiger partial charge in [0, 0.05) is 5.56 Å². The second-order valence-electron chi connectivity index (χ2n) is 5.41. The SMILES string of the molecule is Cc1ccc(C(C)NC(=O)c2cccc(-n3cnnn3)c2)cc1. The molecule has 0 spiro atoms. The van der Waals surface area contributed by atoms with E-state index in [4.69, 9.17) is 0 Å². The molecule has 2 aromatic carbocycles. The summed E-state index contributed by atoms with van der Waals surface area (Å²) in [5.74, 6) is -0.131. The van der Waals surface area contributed by atoms with E-state index in [1.807, 2.05) is 50.2 Å². The molecule has 1 heterocycles. The predicted molar refractivity (Wildman–Crippen MR) is 86.2 cm³/mol. The molecule has 0 saturated carbocycles. The zero-order valence-corrected chi connectivity index (χ0v) is 13.0. The fourth-order valence-electron chi connectivity index (χ4n) is 2.29. The number of hydrogen-bond acceptors (Lipinski definition) is 4. The summed E-state index contributed by atoms with van der Waals surface area (Å²) in [6.45, 7) is 4.01. The first-order chi connectivity index (χ1) is 11.1. The predicted octanol–water partition coefficient (Wildman–Crippen LogP) is 2.46. The molecule has 6 nitrogen and oxygen atoms in total. The van der Waals surface area contributed by atoms with Crippen LogP contribution in [0, 0.1) is 6.92 Å². The maximum absolute atomic E-state index is 12.4. The van der Waals surface area contributed by atoms with Crippen LogP contribution in [-0.2, 0) is 0 Å². The first kappa shape index (κ1) is 14.9. The Labute approximate surface area is 134 Å². The van der Waals surface area contributed by atoms with Crippen molar-refractivity contribution in [2.45, 2.75) is 19.9 Å². The molecule has 0 saturated heterocycles. The molecule has 3 aromatic rings. The Bertz CT molecular complexity index is 796. The van der Waals surface area contributed by atoms with Gasteiger partial charge in [-0.05, 0) is 48.0 Å². The lowest BCUT2D eigenvalue weighted by molar-refractivity contribution is 0.0940. The van der Waals surface area contributed by atoms with Gasteiger partial charge in [0.15, 0.2) is 0 Å². The molecule has 1 unspecified atom stereocenters. The van der Waals surface area contributed by atoms with E-state index in [2.05, 4.69) is 20.8 Å². The van der Waals surface area contributed by atoms with Crippen molar-refractivity contribution < 1.29 is 4.79 Å². The molecular weight excluding hydrogens is 290 g/mol. The standard InChI is InChI=1S/C17H17N5O/c1-12-6-8-14(9-7-12)13(2)19-17(23)15-4-3-5-16(10-15)22-11-18-20-21-22/h3-11,13H,1-2H3,(H,19,23). The zero-order chi connectivity index (χ0) is 16.2. The quantitative estimate of drug-likeness (QED) is 0.803. The molecule has 0 aliphatic heterocycles. The van der Waals surface area contributed by atoms with Crippen molar-refractivity contribution in [1.29, 1.82) is 0 Å². The van der Waals surface area contributed by atoms with Crippen molar-refractivity contribution >= 4 is 5.91 Å². The summed E-state index contributed by atoms with van der Waals surface area (Å²) < 4.78 is 1.51. The third-order valence-corrected chi connectivity index (χ3v) is 3.65. The third kappa shape index (κ3) is 3.42. The second kappa shape index (κ2) is 6.39. The van der Waals surface area contributed by atoms with E-state index in [1.54, 1.807) is 12.1 Å². The van der Waals surface area contributed by atoms with Gasteiger partial charge in [-0.2, -0.15) is 0 Å². The number of nitrogens with zero attached hydrogens (tertiary/aromatic N) is 4. The number of benzene rings is 2. The summed E-state index contributed by atoms with van der Waals surface area (Å²) in [4.78, 5) is 12.4. The van der Waals surface area contributed by atoms with Crippen molar-refractivity contribution in [1.82, 2.24) is 25.5 Å². The first-order valence-electron chi connectivity index (χ1n) is 7.34. The molecule has 0 radical (unpaired) electrons. The van der Waals surface area contributed by atoms with Crippen LogP contribution in [0.25, 0.3) is 5.69 Å². The maximum Gasteiger partial charge on any atom is 0.251 e. The van der Waals surface area contributed by atoms with E-state index in [0.29, 0.717) is 5.56 Å². The number of carbonyl (C=O) groups is 1. The summed E-state index contributed by atoms with van der Waals surface area (Å²) in [5.41, 5.74) is 3.57. The molecule has 6 heteroatoms. The average Bonchev–Trinajstić information content (AvgIpc) is 3.10. The highest BCUT2D eigenvalue weighted by Gasteiger charge is 2.12. The van der Waals surface area contributed by atoms with Crippen LogP contribution >= 0.6 is 0 Å². The van der Waals surface area contributed by atoms with E-state index in [9.17, 15) is 4.79 Å².